The third-order valence-electron chi connectivity index (χ3n) is 3.25. The SMILES string of the molecule is Cc1ccc(N=Nc2c(Nc3ccccc3)n[nH]c2C)cc1. The van der Waals surface area contributed by atoms with Crippen LogP contribution >= 0.6 is 0 Å². The normalized spacial score (nSPS) is 11.0. The minimum atomic E-state index is 0.666. The Bertz CT molecular complexity index is 773. The summed E-state index contributed by atoms with van der Waals surface area (Å²) < 4.78 is 0. The lowest BCUT2D eigenvalue weighted by Crippen LogP contribution is -1.90. The van der Waals surface area contributed by atoms with Gasteiger partial charge in [0.15, 0.2) is 11.5 Å². The van der Waals surface area contributed by atoms with Crippen molar-refractivity contribution in [1.82, 2.24) is 10.2 Å². The van der Waals surface area contributed by atoms with Crippen LogP contribution in [0.3, 0.4) is 0 Å². The molecular weight excluding hydrogens is 274 g/mol. The molecule has 0 unspecified atom stereocenters. The molecule has 0 radical (unpaired) electrons. The second-order valence-corrected chi connectivity index (χ2v) is 5.07. The van der Waals surface area contributed by atoms with Crippen molar-refractivity contribution in [3.63, 3.8) is 0 Å². The molecule has 2 aromatic carbocycles. The summed E-state index contributed by atoms with van der Waals surface area (Å²) in [5.74, 6) is 0.666. The molecule has 0 saturated heterocycles. The third-order valence-corrected chi connectivity index (χ3v) is 3.25. The Kier molecular flexibility index (Phi) is 3.96. The van der Waals surface area contributed by atoms with E-state index in [2.05, 4.69) is 25.7 Å². The van der Waals surface area contributed by atoms with Crippen molar-refractivity contribution in [2.75, 3.05) is 5.32 Å². The molecular formula is C17H17N5. The van der Waals surface area contributed by atoms with Crippen LogP contribution in [-0.4, -0.2) is 10.2 Å². The van der Waals surface area contributed by atoms with Gasteiger partial charge in [-0.15, -0.1) is 5.11 Å². The zero-order valence-corrected chi connectivity index (χ0v) is 12.5. The van der Waals surface area contributed by atoms with Gasteiger partial charge in [-0.2, -0.15) is 10.2 Å². The molecule has 1 aromatic heterocycles. The zero-order valence-electron chi connectivity index (χ0n) is 12.5. The number of benzene rings is 2. The van der Waals surface area contributed by atoms with Crippen LogP contribution in [0.1, 0.15) is 11.3 Å². The lowest BCUT2D eigenvalue weighted by Gasteiger charge is -2.03. The number of hydrogen-bond donors (Lipinski definition) is 2. The standard InChI is InChI=1S/C17H17N5/c1-12-8-10-15(11-9-12)20-21-16-13(2)19-22-17(16)18-14-6-4-3-5-7-14/h3-11H,1-2H3,(H2,18,19,22). The summed E-state index contributed by atoms with van der Waals surface area (Å²) >= 11 is 0. The number of aromatic amines is 1. The highest BCUT2D eigenvalue weighted by molar-refractivity contribution is 5.69. The molecule has 0 amide bonds. The molecule has 0 spiro atoms. The number of anilines is 2. The van der Waals surface area contributed by atoms with Crippen LogP contribution in [0.25, 0.3) is 0 Å². The molecule has 0 aliphatic heterocycles. The molecule has 22 heavy (non-hydrogen) atoms. The van der Waals surface area contributed by atoms with E-state index in [-0.39, 0.29) is 0 Å². The summed E-state index contributed by atoms with van der Waals surface area (Å²) in [6, 6.07) is 17.8. The van der Waals surface area contributed by atoms with Gasteiger partial charge in [0.05, 0.1) is 11.4 Å². The van der Waals surface area contributed by atoms with E-state index in [0.717, 1.165) is 17.1 Å². The largest absolute Gasteiger partial charge is 0.337 e. The van der Waals surface area contributed by atoms with E-state index in [9.17, 15) is 0 Å². The number of rotatable bonds is 4. The van der Waals surface area contributed by atoms with E-state index in [1.165, 1.54) is 5.56 Å². The lowest BCUT2D eigenvalue weighted by atomic mass is 10.2. The van der Waals surface area contributed by atoms with E-state index < -0.39 is 0 Å². The molecule has 0 fully saturated rings. The van der Waals surface area contributed by atoms with Crippen molar-refractivity contribution in [3.8, 4) is 0 Å². The second kappa shape index (κ2) is 6.22. The molecule has 0 atom stereocenters. The van der Waals surface area contributed by atoms with Gasteiger partial charge in [-0.3, -0.25) is 5.10 Å². The van der Waals surface area contributed by atoms with Crippen molar-refractivity contribution in [2.24, 2.45) is 10.2 Å². The fourth-order valence-electron chi connectivity index (χ4n) is 2.01. The zero-order chi connectivity index (χ0) is 15.4. The molecule has 3 aromatic rings. The Morgan fingerprint density at radius 1 is 0.909 bits per heavy atom. The molecule has 110 valence electrons. The maximum Gasteiger partial charge on any atom is 0.180 e. The third kappa shape index (κ3) is 3.20. The van der Waals surface area contributed by atoms with Gasteiger partial charge in [-0.1, -0.05) is 35.9 Å². The minimum absolute atomic E-state index is 0.666. The number of azo groups is 1. The van der Waals surface area contributed by atoms with Crippen LogP contribution in [0.5, 0.6) is 0 Å². The predicted molar refractivity (Wildman–Crippen MR) is 88.4 cm³/mol. The summed E-state index contributed by atoms with van der Waals surface area (Å²) in [6.07, 6.45) is 0. The molecule has 0 aliphatic rings. The second-order valence-electron chi connectivity index (χ2n) is 5.07. The number of H-pyrrole nitrogens is 1. The summed E-state index contributed by atoms with van der Waals surface area (Å²) in [6.45, 7) is 3.97. The Morgan fingerprint density at radius 2 is 1.64 bits per heavy atom. The van der Waals surface area contributed by atoms with Crippen molar-refractivity contribution in [1.29, 1.82) is 0 Å². The highest BCUT2D eigenvalue weighted by Gasteiger charge is 2.09. The summed E-state index contributed by atoms with van der Waals surface area (Å²) in [5.41, 5.74) is 4.56. The van der Waals surface area contributed by atoms with Crippen LogP contribution < -0.4 is 5.32 Å². The number of nitrogens with one attached hydrogen (secondary N) is 2. The Hall–Kier alpha value is -2.95. The average molecular weight is 291 g/mol. The fraction of sp³-hybridized carbons (Fsp3) is 0.118. The summed E-state index contributed by atoms with van der Waals surface area (Å²) in [5, 5.41) is 19.0. The van der Waals surface area contributed by atoms with Crippen LogP contribution in [-0.2, 0) is 0 Å². The maximum atomic E-state index is 4.33. The Labute approximate surface area is 129 Å². The minimum Gasteiger partial charge on any atom is -0.337 e. The van der Waals surface area contributed by atoms with Gasteiger partial charge >= 0.3 is 0 Å². The van der Waals surface area contributed by atoms with E-state index in [1.54, 1.807) is 0 Å². The lowest BCUT2D eigenvalue weighted by molar-refractivity contribution is 1.05. The van der Waals surface area contributed by atoms with Crippen molar-refractivity contribution in [2.45, 2.75) is 13.8 Å². The maximum absolute atomic E-state index is 4.33. The van der Waals surface area contributed by atoms with Crippen molar-refractivity contribution >= 4 is 22.9 Å². The number of nitrogens with zero attached hydrogens (tertiary/aromatic N) is 3. The van der Waals surface area contributed by atoms with E-state index in [1.807, 2.05) is 68.4 Å². The van der Waals surface area contributed by atoms with Crippen LogP contribution in [0.4, 0.5) is 22.9 Å². The Morgan fingerprint density at radius 3 is 2.36 bits per heavy atom. The smallest absolute Gasteiger partial charge is 0.180 e. The number of aryl methyl sites for hydroxylation is 2. The van der Waals surface area contributed by atoms with Gasteiger partial charge in [-0.25, -0.2) is 0 Å². The first-order chi connectivity index (χ1) is 10.7. The van der Waals surface area contributed by atoms with Gasteiger partial charge in [0, 0.05) is 5.69 Å². The average Bonchev–Trinajstić information content (AvgIpc) is 2.88. The van der Waals surface area contributed by atoms with Crippen LogP contribution in [0.15, 0.2) is 64.8 Å². The first-order valence-corrected chi connectivity index (χ1v) is 7.08. The summed E-state index contributed by atoms with van der Waals surface area (Å²) in [4.78, 5) is 0. The quantitative estimate of drug-likeness (QED) is 0.650. The molecule has 1 heterocycles. The van der Waals surface area contributed by atoms with Gasteiger partial charge in [0.2, 0.25) is 0 Å². The molecule has 0 bridgehead atoms. The highest BCUT2D eigenvalue weighted by atomic mass is 15.2. The summed E-state index contributed by atoms with van der Waals surface area (Å²) in [7, 11) is 0. The van der Waals surface area contributed by atoms with Gasteiger partial charge in [0.25, 0.3) is 0 Å². The fourth-order valence-corrected chi connectivity index (χ4v) is 2.01. The Balaban J connectivity index is 1.84. The molecule has 5 nitrogen and oxygen atoms in total. The molecule has 0 aliphatic carbocycles. The van der Waals surface area contributed by atoms with E-state index >= 15 is 0 Å². The van der Waals surface area contributed by atoms with Crippen LogP contribution in [0, 0.1) is 13.8 Å². The molecule has 0 saturated carbocycles. The van der Waals surface area contributed by atoms with E-state index in [0.29, 0.717) is 11.5 Å². The van der Waals surface area contributed by atoms with Crippen molar-refractivity contribution < 1.29 is 0 Å². The van der Waals surface area contributed by atoms with Crippen molar-refractivity contribution in [3.05, 3.63) is 65.9 Å². The van der Waals surface area contributed by atoms with Gasteiger partial charge in [-0.05, 0) is 38.1 Å². The molecule has 3 rings (SSSR count). The number of hydrogen-bond acceptors (Lipinski definition) is 4. The molecule has 2 N–H and O–H groups in total. The van der Waals surface area contributed by atoms with Crippen LogP contribution in [0.2, 0.25) is 0 Å². The monoisotopic (exact) mass is 291 g/mol. The molecule has 5 heteroatoms. The van der Waals surface area contributed by atoms with Gasteiger partial charge < -0.3 is 5.32 Å². The van der Waals surface area contributed by atoms with E-state index in [4.69, 9.17) is 0 Å². The predicted octanol–water partition coefficient (Wildman–Crippen LogP) is 5.19. The first-order valence-electron chi connectivity index (χ1n) is 7.08. The number of aromatic nitrogens is 2. The number of para-hydroxylation sites is 1. The van der Waals surface area contributed by atoms with Gasteiger partial charge in [0.1, 0.15) is 0 Å². The highest BCUT2D eigenvalue weighted by Crippen LogP contribution is 2.30. The topological polar surface area (TPSA) is 65.4 Å². The first kappa shape index (κ1) is 14.0.